The molecular weight excluding hydrogens is 128 g/mol. The molecule has 0 spiro atoms. The predicted octanol–water partition coefficient (Wildman–Crippen LogP) is 0.796. The molecule has 2 unspecified atom stereocenters. The van der Waals surface area contributed by atoms with E-state index in [4.69, 9.17) is 16.3 Å². The van der Waals surface area contributed by atoms with Crippen LogP contribution in [-0.2, 0) is 4.74 Å². The summed E-state index contributed by atoms with van der Waals surface area (Å²) in [6, 6.07) is 0. The van der Waals surface area contributed by atoms with Crippen LogP contribution in [0.1, 0.15) is 19.8 Å². The van der Waals surface area contributed by atoms with Crippen molar-refractivity contribution in [1.29, 1.82) is 0 Å². The highest BCUT2D eigenvalue weighted by Gasteiger charge is 2.02. The lowest BCUT2D eigenvalue weighted by Crippen LogP contribution is -2.10. The van der Waals surface area contributed by atoms with Gasteiger partial charge in [0.1, 0.15) is 6.10 Å². The van der Waals surface area contributed by atoms with E-state index >= 15 is 0 Å². The standard InChI is InChI=1S/C8H14O2/c1-4-8(9)6-5-7(2)10-3/h1,7-9H,5-6H2,2-3H3. The number of ether oxygens (including phenoxy) is 1. The maximum atomic E-state index is 8.91. The first-order valence-corrected chi connectivity index (χ1v) is 3.37. The Hall–Kier alpha value is -0.520. The van der Waals surface area contributed by atoms with Crippen LogP contribution in [0.15, 0.2) is 0 Å². The minimum atomic E-state index is -0.613. The molecule has 0 amide bonds. The Morgan fingerprint density at radius 3 is 2.60 bits per heavy atom. The Kier molecular flexibility index (Phi) is 5.00. The first-order chi connectivity index (χ1) is 4.70. The van der Waals surface area contributed by atoms with Crippen molar-refractivity contribution in [3.05, 3.63) is 0 Å². The van der Waals surface area contributed by atoms with E-state index < -0.39 is 6.10 Å². The fraction of sp³-hybridized carbons (Fsp3) is 0.750. The summed E-state index contributed by atoms with van der Waals surface area (Å²) in [7, 11) is 1.65. The summed E-state index contributed by atoms with van der Waals surface area (Å²) in [5.74, 6) is 2.24. The zero-order chi connectivity index (χ0) is 7.98. The van der Waals surface area contributed by atoms with Gasteiger partial charge >= 0.3 is 0 Å². The fourth-order valence-corrected chi connectivity index (χ4v) is 0.594. The van der Waals surface area contributed by atoms with Gasteiger partial charge in [-0.25, -0.2) is 0 Å². The van der Waals surface area contributed by atoms with E-state index in [0.29, 0.717) is 6.42 Å². The van der Waals surface area contributed by atoms with Gasteiger partial charge in [-0.1, -0.05) is 5.92 Å². The number of aliphatic hydroxyl groups is 1. The molecule has 0 aromatic rings. The van der Waals surface area contributed by atoms with E-state index in [1.165, 1.54) is 0 Å². The van der Waals surface area contributed by atoms with Gasteiger partial charge in [-0.3, -0.25) is 0 Å². The molecule has 0 aromatic heterocycles. The minimum Gasteiger partial charge on any atom is -0.382 e. The number of terminal acetylenes is 1. The van der Waals surface area contributed by atoms with Crippen molar-refractivity contribution >= 4 is 0 Å². The molecule has 0 saturated heterocycles. The Bertz CT molecular complexity index is 115. The number of hydrogen-bond donors (Lipinski definition) is 1. The third kappa shape index (κ3) is 4.37. The molecule has 58 valence electrons. The van der Waals surface area contributed by atoms with Gasteiger partial charge in [-0.2, -0.15) is 0 Å². The van der Waals surface area contributed by atoms with Crippen molar-refractivity contribution in [3.8, 4) is 12.3 Å². The monoisotopic (exact) mass is 142 g/mol. The quantitative estimate of drug-likeness (QED) is 0.588. The summed E-state index contributed by atoms with van der Waals surface area (Å²) >= 11 is 0. The highest BCUT2D eigenvalue weighted by Crippen LogP contribution is 2.02. The third-order valence-electron chi connectivity index (χ3n) is 1.44. The minimum absolute atomic E-state index is 0.183. The molecule has 0 heterocycles. The van der Waals surface area contributed by atoms with Crippen LogP contribution >= 0.6 is 0 Å². The van der Waals surface area contributed by atoms with Crippen LogP contribution in [0.25, 0.3) is 0 Å². The molecule has 0 aliphatic rings. The molecule has 0 rings (SSSR count). The maximum absolute atomic E-state index is 8.91. The number of methoxy groups -OCH3 is 1. The average Bonchev–Trinajstić information content (AvgIpc) is 1.99. The molecule has 2 nitrogen and oxygen atoms in total. The molecule has 0 radical (unpaired) electrons. The number of aliphatic hydroxyl groups excluding tert-OH is 1. The van der Waals surface area contributed by atoms with Crippen LogP contribution in [0.5, 0.6) is 0 Å². The van der Waals surface area contributed by atoms with Crippen LogP contribution in [0.4, 0.5) is 0 Å². The lowest BCUT2D eigenvalue weighted by Gasteiger charge is -2.09. The van der Waals surface area contributed by atoms with Gasteiger partial charge in [0.15, 0.2) is 0 Å². The van der Waals surface area contributed by atoms with E-state index in [1.807, 2.05) is 6.92 Å². The van der Waals surface area contributed by atoms with Crippen LogP contribution in [0.3, 0.4) is 0 Å². The topological polar surface area (TPSA) is 29.5 Å². The van der Waals surface area contributed by atoms with E-state index in [0.717, 1.165) is 6.42 Å². The van der Waals surface area contributed by atoms with Gasteiger partial charge in [0, 0.05) is 7.11 Å². The van der Waals surface area contributed by atoms with Gasteiger partial charge in [0.05, 0.1) is 6.10 Å². The summed E-state index contributed by atoms with van der Waals surface area (Å²) in [6.45, 7) is 1.95. The van der Waals surface area contributed by atoms with Gasteiger partial charge < -0.3 is 9.84 Å². The molecule has 0 bridgehead atoms. The summed E-state index contributed by atoms with van der Waals surface area (Å²) in [5, 5.41) is 8.91. The second-order valence-corrected chi connectivity index (χ2v) is 2.31. The molecule has 0 aliphatic carbocycles. The molecule has 10 heavy (non-hydrogen) atoms. The largest absolute Gasteiger partial charge is 0.382 e. The van der Waals surface area contributed by atoms with E-state index in [1.54, 1.807) is 7.11 Å². The molecule has 2 atom stereocenters. The van der Waals surface area contributed by atoms with E-state index in [-0.39, 0.29) is 6.10 Å². The zero-order valence-corrected chi connectivity index (χ0v) is 6.50. The SMILES string of the molecule is C#CC(O)CCC(C)OC. The molecule has 1 N–H and O–H groups in total. The van der Waals surface area contributed by atoms with Crippen molar-refractivity contribution in [2.24, 2.45) is 0 Å². The Labute approximate surface area is 62.2 Å². The smallest absolute Gasteiger partial charge is 0.114 e. The van der Waals surface area contributed by atoms with Gasteiger partial charge in [0.25, 0.3) is 0 Å². The van der Waals surface area contributed by atoms with Crippen molar-refractivity contribution in [2.45, 2.75) is 32.0 Å². The predicted molar refractivity (Wildman–Crippen MR) is 40.5 cm³/mol. The molecule has 2 heteroatoms. The number of rotatable bonds is 4. The molecule has 0 saturated carbocycles. The van der Waals surface area contributed by atoms with Gasteiger partial charge in [-0.15, -0.1) is 6.42 Å². The zero-order valence-electron chi connectivity index (χ0n) is 6.50. The lowest BCUT2D eigenvalue weighted by atomic mass is 10.1. The first-order valence-electron chi connectivity index (χ1n) is 3.37. The summed E-state index contributed by atoms with van der Waals surface area (Å²) in [5.41, 5.74) is 0. The van der Waals surface area contributed by atoms with Gasteiger partial charge in [0.2, 0.25) is 0 Å². The molecule has 0 aromatic carbocycles. The summed E-state index contributed by atoms with van der Waals surface area (Å²) in [4.78, 5) is 0. The Morgan fingerprint density at radius 2 is 2.20 bits per heavy atom. The van der Waals surface area contributed by atoms with Crippen molar-refractivity contribution < 1.29 is 9.84 Å². The fourth-order valence-electron chi connectivity index (χ4n) is 0.594. The van der Waals surface area contributed by atoms with Gasteiger partial charge in [-0.05, 0) is 19.8 Å². The van der Waals surface area contributed by atoms with E-state index in [9.17, 15) is 0 Å². The van der Waals surface area contributed by atoms with Crippen LogP contribution in [0, 0.1) is 12.3 Å². The van der Waals surface area contributed by atoms with Crippen LogP contribution in [-0.4, -0.2) is 24.4 Å². The highest BCUT2D eigenvalue weighted by atomic mass is 16.5. The van der Waals surface area contributed by atoms with Crippen molar-refractivity contribution in [3.63, 3.8) is 0 Å². The number of hydrogen-bond acceptors (Lipinski definition) is 2. The van der Waals surface area contributed by atoms with Crippen LogP contribution < -0.4 is 0 Å². The Morgan fingerprint density at radius 1 is 1.60 bits per heavy atom. The molecular formula is C8H14O2. The molecule has 0 fully saturated rings. The lowest BCUT2D eigenvalue weighted by molar-refractivity contribution is 0.0959. The second-order valence-electron chi connectivity index (χ2n) is 2.31. The van der Waals surface area contributed by atoms with Crippen molar-refractivity contribution in [2.75, 3.05) is 7.11 Å². The Balaban J connectivity index is 3.28. The summed E-state index contributed by atoms with van der Waals surface area (Å²) in [6.07, 6.45) is 5.95. The normalized spacial score (nSPS) is 15.8. The molecule has 0 aliphatic heterocycles. The second kappa shape index (κ2) is 5.28. The maximum Gasteiger partial charge on any atom is 0.114 e. The summed E-state index contributed by atoms with van der Waals surface area (Å²) < 4.78 is 4.97. The average molecular weight is 142 g/mol. The highest BCUT2D eigenvalue weighted by molar-refractivity contribution is 4.92. The third-order valence-corrected chi connectivity index (χ3v) is 1.44. The van der Waals surface area contributed by atoms with Crippen molar-refractivity contribution in [1.82, 2.24) is 0 Å². The van der Waals surface area contributed by atoms with E-state index in [2.05, 4.69) is 5.92 Å². The van der Waals surface area contributed by atoms with Crippen LogP contribution in [0.2, 0.25) is 0 Å². The first kappa shape index (κ1) is 9.48.